The highest BCUT2D eigenvalue weighted by atomic mass is 16.5. The third kappa shape index (κ3) is 2.13. The van der Waals surface area contributed by atoms with Crippen LogP contribution in [0.1, 0.15) is 33.1 Å². The minimum atomic E-state index is -0.0978. The number of rotatable bonds is 2. The molecule has 0 amide bonds. The molecule has 15 heavy (non-hydrogen) atoms. The van der Waals surface area contributed by atoms with E-state index in [4.69, 9.17) is 9.47 Å². The van der Waals surface area contributed by atoms with E-state index in [-0.39, 0.29) is 24.0 Å². The van der Waals surface area contributed by atoms with Gasteiger partial charge in [0.2, 0.25) is 0 Å². The van der Waals surface area contributed by atoms with Gasteiger partial charge in [-0.05, 0) is 19.8 Å². The lowest BCUT2D eigenvalue weighted by Crippen LogP contribution is -2.41. The average molecular weight is 211 g/mol. The topological polar surface area (TPSA) is 47.9 Å². The molecule has 1 aliphatic carbocycles. The molecule has 4 heteroatoms. The normalized spacial score (nSPS) is 34.0. The van der Waals surface area contributed by atoms with Gasteiger partial charge >= 0.3 is 5.97 Å². The number of aliphatic imine (C=N–C) groups is 1. The van der Waals surface area contributed by atoms with E-state index in [1.54, 1.807) is 0 Å². The summed E-state index contributed by atoms with van der Waals surface area (Å²) in [5.74, 6) is 0.560. The summed E-state index contributed by atoms with van der Waals surface area (Å²) in [6, 6.07) is 0.0801. The molecule has 1 fully saturated rings. The van der Waals surface area contributed by atoms with Crippen molar-refractivity contribution >= 4 is 11.9 Å². The molecule has 84 valence electrons. The Morgan fingerprint density at radius 2 is 2.40 bits per heavy atom. The first-order chi connectivity index (χ1) is 7.20. The molecule has 0 aromatic heterocycles. The van der Waals surface area contributed by atoms with Crippen LogP contribution in [0, 0.1) is 5.92 Å². The number of nitrogens with zero attached hydrogens (tertiary/aromatic N) is 1. The number of hydrogen-bond donors (Lipinski definition) is 0. The van der Waals surface area contributed by atoms with Crippen LogP contribution >= 0.6 is 0 Å². The second kappa shape index (κ2) is 4.21. The zero-order chi connectivity index (χ0) is 10.8. The minimum absolute atomic E-state index is 0.0555. The van der Waals surface area contributed by atoms with Crippen molar-refractivity contribution in [3.63, 3.8) is 0 Å². The maximum Gasteiger partial charge on any atom is 0.311 e. The van der Waals surface area contributed by atoms with E-state index in [9.17, 15) is 4.79 Å². The molecular weight excluding hydrogens is 194 g/mol. The molecular formula is C11H17NO3. The Labute approximate surface area is 89.7 Å². The third-order valence-electron chi connectivity index (χ3n) is 3.04. The number of carbonyl (C=O) groups excluding carboxylic acids is 1. The van der Waals surface area contributed by atoms with E-state index < -0.39 is 0 Å². The molecule has 2 bridgehead atoms. The van der Waals surface area contributed by atoms with Gasteiger partial charge in [0, 0.05) is 13.3 Å². The third-order valence-corrected chi connectivity index (χ3v) is 3.04. The zero-order valence-corrected chi connectivity index (χ0v) is 9.23. The van der Waals surface area contributed by atoms with E-state index in [2.05, 4.69) is 4.99 Å². The van der Waals surface area contributed by atoms with Crippen LogP contribution in [0.15, 0.2) is 4.99 Å². The highest BCUT2D eigenvalue weighted by Gasteiger charge is 2.39. The molecule has 2 rings (SSSR count). The largest absolute Gasteiger partial charge is 0.478 e. The van der Waals surface area contributed by atoms with E-state index in [0.717, 1.165) is 19.3 Å². The summed E-state index contributed by atoms with van der Waals surface area (Å²) < 4.78 is 10.6. The molecule has 0 unspecified atom stereocenters. The lowest BCUT2D eigenvalue weighted by molar-refractivity contribution is -0.150. The number of hydrogen-bond acceptors (Lipinski definition) is 4. The van der Waals surface area contributed by atoms with Crippen molar-refractivity contribution in [1.82, 2.24) is 0 Å². The molecule has 1 aliphatic heterocycles. The Morgan fingerprint density at radius 1 is 1.60 bits per heavy atom. The Kier molecular flexibility index (Phi) is 2.93. The molecule has 0 spiro atoms. The Morgan fingerprint density at radius 3 is 3.13 bits per heavy atom. The zero-order valence-electron chi connectivity index (χ0n) is 9.23. The Balaban J connectivity index is 2.07. The minimum Gasteiger partial charge on any atom is -0.478 e. The summed E-state index contributed by atoms with van der Waals surface area (Å²) in [6.45, 7) is 4.14. The van der Waals surface area contributed by atoms with Gasteiger partial charge in [-0.15, -0.1) is 0 Å². The monoisotopic (exact) mass is 211 g/mol. The second-order valence-corrected chi connectivity index (χ2v) is 4.13. The number of carbonyl (C=O) groups is 1. The van der Waals surface area contributed by atoms with Crippen molar-refractivity contribution in [2.24, 2.45) is 10.9 Å². The second-order valence-electron chi connectivity index (χ2n) is 4.13. The average Bonchev–Trinajstić information content (AvgIpc) is 2.17. The summed E-state index contributed by atoms with van der Waals surface area (Å²) in [4.78, 5) is 16.1. The van der Waals surface area contributed by atoms with Gasteiger partial charge in [-0.2, -0.15) is 0 Å². The van der Waals surface area contributed by atoms with Crippen LogP contribution in [0.4, 0.5) is 0 Å². The lowest BCUT2D eigenvalue weighted by atomic mass is 9.82. The first-order valence-electron chi connectivity index (χ1n) is 5.58. The van der Waals surface area contributed by atoms with Gasteiger partial charge in [-0.3, -0.25) is 9.79 Å². The maximum atomic E-state index is 11.7. The molecule has 0 aromatic carbocycles. The molecule has 2 aliphatic rings. The van der Waals surface area contributed by atoms with E-state index in [1.165, 1.54) is 0 Å². The van der Waals surface area contributed by atoms with Crippen molar-refractivity contribution in [2.75, 3.05) is 6.61 Å². The van der Waals surface area contributed by atoms with Gasteiger partial charge in [0.15, 0.2) is 5.90 Å². The summed E-state index contributed by atoms with van der Waals surface area (Å²) >= 11 is 0. The van der Waals surface area contributed by atoms with Crippen LogP contribution < -0.4 is 0 Å². The molecule has 0 N–H and O–H groups in total. The fraction of sp³-hybridized carbons (Fsp3) is 0.818. The van der Waals surface area contributed by atoms with Gasteiger partial charge in [-0.25, -0.2) is 0 Å². The van der Waals surface area contributed by atoms with Crippen molar-refractivity contribution in [3.05, 3.63) is 0 Å². The van der Waals surface area contributed by atoms with Crippen molar-refractivity contribution < 1.29 is 14.3 Å². The molecule has 4 nitrogen and oxygen atoms in total. The Hall–Kier alpha value is -1.06. The molecule has 3 atom stereocenters. The highest BCUT2D eigenvalue weighted by Crippen LogP contribution is 2.33. The van der Waals surface area contributed by atoms with E-state index in [1.807, 2.05) is 13.8 Å². The first-order valence-corrected chi connectivity index (χ1v) is 5.58. The summed E-state index contributed by atoms with van der Waals surface area (Å²) in [6.07, 6.45) is 2.90. The highest BCUT2D eigenvalue weighted by molar-refractivity contribution is 5.77. The number of ether oxygens (including phenoxy) is 2. The standard InChI is InChI=1S/C11H17NO3/c1-3-14-11(13)9-5-4-8-6-10(9)12-7(2)15-8/h8-10H,3-6H2,1-2H3/t8-,9+,10-/m0/s1. The lowest BCUT2D eigenvalue weighted by Gasteiger charge is -2.36. The smallest absolute Gasteiger partial charge is 0.311 e. The predicted molar refractivity (Wildman–Crippen MR) is 55.7 cm³/mol. The van der Waals surface area contributed by atoms with Crippen molar-refractivity contribution in [2.45, 2.75) is 45.3 Å². The van der Waals surface area contributed by atoms with Crippen LogP contribution in [0.3, 0.4) is 0 Å². The summed E-state index contributed by atoms with van der Waals surface area (Å²) in [7, 11) is 0. The van der Waals surface area contributed by atoms with Crippen LogP contribution in [-0.4, -0.2) is 30.6 Å². The molecule has 0 radical (unpaired) electrons. The van der Waals surface area contributed by atoms with Crippen LogP contribution in [0.25, 0.3) is 0 Å². The number of fused-ring (bicyclic) bond motifs is 2. The van der Waals surface area contributed by atoms with Crippen LogP contribution in [0.5, 0.6) is 0 Å². The van der Waals surface area contributed by atoms with Gasteiger partial charge in [0.1, 0.15) is 6.10 Å². The molecule has 0 aromatic rings. The van der Waals surface area contributed by atoms with Crippen molar-refractivity contribution in [1.29, 1.82) is 0 Å². The SMILES string of the molecule is CCOC(=O)[C@@H]1CC[C@H]2C[C@@H]1N=C(C)O2. The Bertz CT molecular complexity index is 288. The van der Waals surface area contributed by atoms with Crippen LogP contribution in [-0.2, 0) is 14.3 Å². The predicted octanol–water partition coefficient (Wildman–Crippen LogP) is 1.54. The van der Waals surface area contributed by atoms with E-state index in [0.29, 0.717) is 12.5 Å². The van der Waals surface area contributed by atoms with Crippen LogP contribution in [0.2, 0.25) is 0 Å². The van der Waals surface area contributed by atoms with Gasteiger partial charge in [-0.1, -0.05) is 0 Å². The van der Waals surface area contributed by atoms with E-state index >= 15 is 0 Å². The summed E-state index contributed by atoms with van der Waals surface area (Å²) in [5, 5.41) is 0. The molecule has 1 saturated carbocycles. The molecule has 0 saturated heterocycles. The maximum absolute atomic E-state index is 11.7. The first kappa shape index (κ1) is 10.5. The fourth-order valence-electron chi connectivity index (χ4n) is 2.39. The number of esters is 1. The van der Waals surface area contributed by atoms with Gasteiger partial charge in [0.25, 0.3) is 0 Å². The quantitative estimate of drug-likeness (QED) is 0.651. The molecule has 1 heterocycles. The summed E-state index contributed by atoms with van der Waals surface area (Å²) in [5.41, 5.74) is 0. The van der Waals surface area contributed by atoms with Crippen molar-refractivity contribution in [3.8, 4) is 0 Å². The van der Waals surface area contributed by atoms with Gasteiger partial charge < -0.3 is 9.47 Å². The van der Waals surface area contributed by atoms with Gasteiger partial charge in [0.05, 0.1) is 18.6 Å². The fourth-order valence-corrected chi connectivity index (χ4v) is 2.39.